The van der Waals surface area contributed by atoms with Crippen molar-refractivity contribution >= 4 is 31.9 Å². The maximum Gasteiger partial charge on any atom is 0.0509 e. The summed E-state index contributed by atoms with van der Waals surface area (Å²) in [6.45, 7) is 1.79. The summed E-state index contributed by atoms with van der Waals surface area (Å²) >= 11 is 7.18. The normalized spacial score (nSPS) is 23.7. The second-order valence-electron chi connectivity index (χ2n) is 3.58. The highest BCUT2D eigenvalue weighted by Crippen LogP contribution is 2.36. The van der Waals surface area contributed by atoms with Gasteiger partial charge in [-0.15, -0.1) is 0 Å². The van der Waals surface area contributed by atoms with Crippen LogP contribution in [0, 0.1) is 5.92 Å². The molecule has 0 aliphatic carbocycles. The molecule has 1 aliphatic heterocycles. The van der Waals surface area contributed by atoms with Gasteiger partial charge >= 0.3 is 0 Å². The Morgan fingerprint density at radius 2 is 2.00 bits per heavy atom. The summed E-state index contributed by atoms with van der Waals surface area (Å²) in [5.74, 6) is 0.621. The molecule has 0 aromatic heterocycles. The van der Waals surface area contributed by atoms with Gasteiger partial charge in [-0.05, 0) is 24.1 Å². The zero-order valence-electron chi connectivity index (χ0n) is 7.75. The average molecular weight is 320 g/mol. The van der Waals surface area contributed by atoms with Crippen LogP contribution in [0.4, 0.5) is 0 Å². The summed E-state index contributed by atoms with van der Waals surface area (Å²) in [4.78, 5) is 0.429. The van der Waals surface area contributed by atoms with Crippen molar-refractivity contribution < 1.29 is 4.74 Å². The van der Waals surface area contributed by atoms with Crippen LogP contribution in [0.15, 0.2) is 28.7 Å². The van der Waals surface area contributed by atoms with Crippen molar-refractivity contribution in [3.05, 3.63) is 34.3 Å². The first-order valence-corrected chi connectivity index (χ1v) is 6.45. The topological polar surface area (TPSA) is 9.23 Å². The maximum absolute atomic E-state index is 5.38. The standard InChI is InChI=1S/C11H12Br2O/c12-10-3-1-8(2-4-10)11(13)9-5-6-14-7-9/h1-4,9,11H,5-7H2. The predicted octanol–water partition coefficient (Wildman–Crippen LogP) is 3.92. The van der Waals surface area contributed by atoms with E-state index in [1.165, 1.54) is 5.56 Å². The lowest BCUT2D eigenvalue weighted by Crippen LogP contribution is -2.06. The average Bonchev–Trinajstić information content (AvgIpc) is 2.71. The van der Waals surface area contributed by atoms with E-state index >= 15 is 0 Å². The lowest BCUT2D eigenvalue weighted by Gasteiger charge is -2.15. The van der Waals surface area contributed by atoms with Crippen LogP contribution in [0.1, 0.15) is 16.8 Å². The number of rotatable bonds is 2. The van der Waals surface area contributed by atoms with Crippen LogP contribution in [-0.4, -0.2) is 13.2 Å². The fraction of sp³-hybridized carbons (Fsp3) is 0.455. The Morgan fingerprint density at radius 3 is 2.57 bits per heavy atom. The van der Waals surface area contributed by atoms with Gasteiger partial charge in [-0.3, -0.25) is 0 Å². The summed E-state index contributed by atoms with van der Waals surface area (Å²) < 4.78 is 6.51. The highest BCUT2D eigenvalue weighted by atomic mass is 79.9. The molecule has 1 aromatic carbocycles. The Hall–Kier alpha value is 0.140. The number of ether oxygens (including phenoxy) is 1. The van der Waals surface area contributed by atoms with E-state index in [0.717, 1.165) is 24.1 Å². The molecule has 1 aliphatic rings. The van der Waals surface area contributed by atoms with Crippen molar-refractivity contribution in [2.45, 2.75) is 11.2 Å². The summed E-state index contributed by atoms with van der Waals surface area (Å²) in [6.07, 6.45) is 1.16. The lowest BCUT2D eigenvalue weighted by molar-refractivity contribution is 0.185. The van der Waals surface area contributed by atoms with Gasteiger partial charge < -0.3 is 4.74 Å². The number of alkyl halides is 1. The van der Waals surface area contributed by atoms with Gasteiger partial charge in [-0.1, -0.05) is 44.0 Å². The summed E-state index contributed by atoms with van der Waals surface area (Å²) in [7, 11) is 0. The molecular weight excluding hydrogens is 308 g/mol. The van der Waals surface area contributed by atoms with Crippen molar-refractivity contribution in [2.75, 3.05) is 13.2 Å². The molecule has 0 bridgehead atoms. The van der Waals surface area contributed by atoms with Gasteiger partial charge in [0, 0.05) is 21.8 Å². The zero-order valence-corrected chi connectivity index (χ0v) is 10.9. The highest BCUT2D eigenvalue weighted by molar-refractivity contribution is 9.10. The van der Waals surface area contributed by atoms with Gasteiger partial charge in [0.25, 0.3) is 0 Å². The van der Waals surface area contributed by atoms with Gasteiger partial charge in [0.05, 0.1) is 6.61 Å². The van der Waals surface area contributed by atoms with Gasteiger partial charge in [-0.2, -0.15) is 0 Å². The van der Waals surface area contributed by atoms with E-state index in [4.69, 9.17) is 4.74 Å². The molecule has 2 atom stereocenters. The molecule has 1 saturated heterocycles. The Balaban J connectivity index is 2.09. The minimum absolute atomic E-state index is 0.429. The number of hydrogen-bond acceptors (Lipinski definition) is 1. The maximum atomic E-state index is 5.38. The number of hydrogen-bond donors (Lipinski definition) is 0. The van der Waals surface area contributed by atoms with E-state index in [0.29, 0.717) is 10.7 Å². The van der Waals surface area contributed by atoms with Crippen LogP contribution >= 0.6 is 31.9 Å². The molecule has 0 spiro atoms. The first-order chi connectivity index (χ1) is 6.77. The van der Waals surface area contributed by atoms with Gasteiger partial charge in [-0.25, -0.2) is 0 Å². The molecule has 76 valence electrons. The molecule has 2 rings (SSSR count). The molecule has 2 unspecified atom stereocenters. The largest absolute Gasteiger partial charge is 0.381 e. The van der Waals surface area contributed by atoms with E-state index in [1.54, 1.807) is 0 Å². The molecule has 0 N–H and O–H groups in total. The van der Waals surface area contributed by atoms with E-state index in [9.17, 15) is 0 Å². The molecular formula is C11H12Br2O. The molecule has 14 heavy (non-hydrogen) atoms. The smallest absolute Gasteiger partial charge is 0.0509 e. The Morgan fingerprint density at radius 1 is 1.29 bits per heavy atom. The van der Waals surface area contributed by atoms with Crippen molar-refractivity contribution in [1.29, 1.82) is 0 Å². The van der Waals surface area contributed by atoms with Crippen molar-refractivity contribution in [2.24, 2.45) is 5.92 Å². The van der Waals surface area contributed by atoms with Crippen molar-refractivity contribution in [1.82, 2.24) is 0 Å². The molecule has 1 nitrogen and oxygen atoms in total. The van der Waals surface area contributed by atoms with Crippen LogP contribution in [-0.2, 0) is 4.74 Å². The molecule has 1 aromatic rings. The van der Waals surface area contributed by atoms with Crippen LogP contribution in [0.3, 0.4) is 0 Å². The first-order valence-electron chi connectivity index (χ1n) is 4.74. The molecule has 0 amide bonds. The number of benzene rings is 1. The second-order valence-corrected chi connectivity index (χ2v) is 5.48. The lowest BCUT2D eigenvalue weighted by atomic mass is 9.99. The van der Waals surface area contributed by atoms with Crippen LogP contribution in [0.2, 0.25) is 0 Å². The van der Waals surface area contributed by atoms with E-state index < -0.39 is 0 Å². The monoisotopic (exact) mass is 318 g/mol. The minimum Gasteiger partial charge on any atom is -0.381 e. The Kier molecular flexibility index (Phi) is 3.63. The van der Waals surface area contributed by atoms with Crippen LogP contribution in [0.5, 0.6) is 0 Å². The fourth-order valence-electron chi connectivity index (χ4n) is 1.70. The summed E-state index contributed by atoms with van der Waals surface area (Å²) in [5, 5.41) is 0. The van der Waals surface area contributed by atoms with E-state index in [-0.39, 0.29) is 0 Å². The third-order valence-corrected chi connectivity index (χ3v) is 4.37. The van der Waals surface area contributed by atoms with Gasteiger partial charge in [0.15, 0.2) is 0 Å². The molecule has 1 fully saturated rings. The van der Waals surface area contributed by atoms with E-state index in [2.05, 4.69) is 56.1 Å². The van der Waals surface area contributed by atoms with Gasteiger partial charge in [0.1, 0.15) is 0 Å². The molecule has 3 heteroatoms. The minimum atomic E-state index is 0.429. The zero-order chi connectivity index (χ0) is 9.97. The predicted molar refractivity (Wildman–Crippen MR) is 64.7 cm³/mol. The second kappa shape index (κ2) is 4.77. The Bertz CT molecular complexity index is 291. The first kappa shape index (κ1) is 10.7. The summed E-state index contributed by atoms with van der Waals surface area (Å²) in [6, 6.07) is 8.47. The molecule has 1 heterocycles. The number of halogens is 2. The fourth-order valence-corrected chi connectivity index (χ4v) is 2.69. The van der Waals surface area contributed by atoms with Crippen molar-refractivity contribution in [3.63, 3.8) is 0 Å². The Labute approximate surface area is 101 Å². The third kappa shape index (κ3) is 2.38. The summed E-state index contributed by atoms with van der Waals surface area (Å²) in [5.41, 5.74) is 1.34. The van der Waals surface area contributed by atoms with Crippen molar-refractivity contribution in [3.8, 4) is 0 Å². The molecule has 0 saturated carbocycles. The molecule has 0 radical (unpaired) electrons. The third-order valence-electron chi connectivity index (χ3n) is 2.57. The highest BCUT2D eigenvalue weighted by Gasteiger charge is 2.24. The van der Waals surface area contributed by atoms with E-state index in [1.807, 2.05) is 0 Å². The van der Waals surface area contributed by atoms with Crippen LogP contribution in [0.25, 0.3) is 0 Å². The van der Waals surface area contributed by atoms with Gasteiger partial charge in [0.2, 0.25) is 0 Å². The van der Waals surface area contributed by atoms with Crippen LogP contribution < -0.4 is 0 Å². The SMILES string of the molecule is Brc1ccc(C(Br)C2CCOC2)cc1. The quantitative estimate of drug-likeness (QED) is 0.751.